The van der Waals surface area contributed by atoms with Crippen LogP contribution in [0.25, 0.3) is 0 Å². The van der Waals surface area contributed by atoms with Crippen LogP contribution in [0.3, 0.4) is 0 Å². The van der Waals surface area contributed by atoms with Crippen LogP contribution >= 0.6 is 22.9 Å². The molecule has 0 radical (unpaired) electrons. The summed E-state index contributed by atoms with van der Waals surface area (Å²) in [7, 11) is -3.28. The van der Waals surface area contributed by atoms with Crippen molar-refractivity contribution in [3.05, 3.63) is 75.8 Å². The molecule has 0 fully saturated rings. The maximum atomic E-state index is 12.4. The number of carbonyl (C=O) groups excluding carboxylic acids is 1. The van der Waals surface area contributed by atoms with Crippen molar-refractivity contribution in [1.82, 2.24) is 4.98 Å². The van der Waals surface area contributed by atoms with Crippen LogP contribution in [0, 0.1) is 0 Å². The number of halogens is 1. The number of rotatable bonds is 6. The first kappa shape index (κ1) is 19.5. The first-order valence-electron chi connectivity index (χ1n) is 8.21. The van der Waals surface area contributed by atoms with Crippen LogP contribution < -0.4 is 5.32 Å². The van der Waals surface area contributed by atoms with Crippen molar-refractivity contribution >= 4 is 43.8 Å². The summed E-state index contributed by atoms with van der Waals surface area (Å²) in [4.78, 5) is 17.8. The fourth-order valence-electron chi connectivity index (χ4n) is 2.43. The van der Waals surface area contributed by atoms with Crippen LogP contribution in [0.1, 0.15) is 27.7 Å². The van der Waals surface area contributed by atoms with Gasteiger partial charge in [-0.1, -0.05) is 36.7 Å². The Hall–Kier alpha value is -2.22. The molecule has 0 aliphatic carbocycles. The molecular weight excluding hydrogens is 404 g/mol. The Kier molecular flexibility index (Phi) is 5.94. The summed E-state index contributed by atoms with van der Waals surface area (Å²) in [5.41, 5.74) is 1.36. The molecule has 3 aromatic rings. The Morgan fingerprint density at radius 2 is 1.85 bits per heavy atom. The van der Waals surface area contributed by atoms with Gasteiger partial charge in [-0.05, 0) is 35.9 Å². The van der Waals surface area contributed by atoms with E-state index in [2.05, 4.69) is 10.3 Å². The normalized spacial score (nSPS) is 11.3. The predicted molar refractivity (Wildman–Crippen MR) is 108 cm³/mol. The first-order chi connectivity index (χ1) is 12.9. The van der Waals surface area contributed by atoms with Gasteiger partial charge in [-0.15, -0.1) is 11.3 Å². The molecule has 0 aliphatic rings. The third-order valence-corrected chi connectivity index (χ3v) is 6.98. The van der Waals surface area contributed by atoms with E-state index in [1.54, 1.807) is 13.1 Å². The van der Waals surface area contributed by atoms with Gasteiger partial charge in [0.05, 0.1) is 10.6 Å². The first-order valence-corrected chi connectivity index (χ1v) is 11.1. The molecule has 0 unspecified atom stereocenters. The lowest BCUT2D eigenvalue weighted by molar-refractivity contribution is 0.102. The zero-order valence-corrected chi connectivity index (χ0v) is 16.9. The summed E-state index contributed by atoms with van der Waals surface area (Å²) < 4.78 is 23.7. The smallest absolute Gasteiger partial charge is 0.257 e. The quantitative estimate of drug-likeness (QED) is 0.639. The summed E-state index contributed by atoms with van der Waals surface area (Å²) in [6, 6.07) is 13.5. The molecule has 0 aliphatic heterocycles. The number of benzene rings is 2. The lowest BCUT2D eigenvalue weighted by Crippen LogP contribution is -2.12. The molecule has 8 heteroatoms. The average molecular weight is 421 g/mol. The van der Waals surface area contributed by atoms with Gasteiger partial charge in [-0.25, -0.2) is 13.4 Å². The maximum absolute atomic E-state index is 12.4. The minimum absolute atomic E-state index is 0.0197. The van der Waals surface area contributed by atoms with Gasteiger partial charge in [-0.3, -0.25) is 10.1 Å². The van der Waals surface area contributed by atoms with Gasteiger partial charge in [0.2, 0.25) is 0 Å². The fraction of sp³-hybridized carbons (Fsp3) is 0.158. The number of hydrogen-bond acceptors (Lipinski definition) is 5. The summed E-state index contributed by atoms with van der Waals surface area (Å²) in [6.45, 7) is 1.58. The van der Waals surface area contributed by atoms with Crippen LogP contribution in [0.15, 0.2) is 59.6 Å². The maximum Gasteiger partial charge on any atom is 0.257 e. The van der Waals surface area contributed by atoms with E-state index in [1.165, 1.54) is 35.6 Å². The summed E-state index contributed by atoms with van der Waals surface area (Å²) in [5.74, 6) is -0.319. The molecule has 1 N–H and O–H groups in total. The Labute approximate surface area is 167 Å². The molecule has 1 amide bonds. The molecule has 0 saturated heterocycles. The van der Waals surface area contributed by atoms with E-state index in [0.29, 0.717) is 22.1 Å². The van der Waals surface area contributed by atoms with E-state index < -0.39 is 9.84 Å². The number of nitrogens with one attached hydrogen (secondary N) is 1. The van der Waals surface area contributed by atoms with Crippen molar-refractivity contribution in [2.75, 3.05) is 11.1 Å². The standard InChI is InChI=1S/C19H17ClN2O3S2/c1-2-27(24,25)16-9-7-13(8-10-16)18(23)22-19-21-12-15(26-19)11-14-5-3-4-6-17(14)20/h3-10,12H,2,11H2,1H3,(H,21,22,23). The molecule has 140 valence electrons. The van der Waals surface area contributed by atoms with Crippen LogP contribution in [-0.4, -0.2) is 25.1 Å². The molecule has 0 spiro atoms. The zero-order valence-electron chi connectivity index (χ0n) is 14.5. The number of thiazole rings is 1. The Bertz CT molecular complexity index is 1060. The third-order valence-electron chi connectivity index (χ3n) is 3.95. The lowest BCUT2D eigenvalue weighted by atomic mass is 10.1. The van der Waals surface area contributed by atoms with Crippen molar-refractivity contribution in [3.63, 3.8) is 0 Å². The van der Waals surface area contributed by atoms with Crippen LogP contribution in [0.2, 0.25) is 5.02 Å². The molecule has 1 heterocycles. The van der Waals surface area contributed by atoms with Gasteiger partial charge in [-0.2, -0.15) is 0 Å². The van der Waals surface area contributed by atoms with Gasteiger partial charge in [0.1, 0.15) is 0 Å². The minimum atomic E-state index is -3.28. The van der Waals surface area contributed by atoms with E-state index in [1.807, 2.05) is 24.3 Å². The minimum Gasteiger partial charge on any atom is -0.298 e. The van der Waals surface area contributed by atoms with E-state index in [0.717, 1.165) is 10.4 Å². The van der Waals surface area contributed by atoms with Crippen molar-refractivity contribution in [2.45, 2.75) is 18.2 Å². The van der Waals surface area contributed by atoms with Crippen LogP contribution in [0.5, 0.6) is 0 Å². The van der Waals surface area contributed by atoms with Crippen molar-refractivity contribution < 1.29 is 13.2 Å². The number of carbonyl (C=O) groups is 1. The highest BCUT2D eigenvalue weighted by Gasteiger charge is 2.14. The highest BCUT2D eigenvalue weighted by molar-refractivity contribution is 7.91. The highest BCUT2D eigenvalue weighted by atomic mass is 35.5. The summed E-state index contributed by atoms with van der Waals surface area (Å²) in [6.07, 6.45) is 2.34. The summed E-state index contributed by atoms with van der Waals surface area (Å²) in [5, 5.41) is 3.91. The second-order valence-electron chi connectivity index (χ2n) is 5.78. The molecule has 3 rings (SSSR count). The fourth-order valence-corrected chi connectivity index (χ4v) is 4.34. The predicted octanol–water partition coefficient (Wildman–Crippen LogP) is 4.43. The lowest BCUT2D eigenvalue weighted by Gasteiger charge is -2.04. The second-order valence-corrected chi connectivity index (χ2v) is 9.58. The second kappa shape index (κ2) is 8.21. The van der Waals surface area contributed by atoms with E-state index in [9.17, 15) is 13.2 Å². The summed E-state index contributed by atoms with van der Waals surface area (Å²) >= 11 is 7.55. The highest BCUT2D eigenvalue weighted by Crippen LogP contribution is 2.25. The molecule has 2 aromatic carbocycles. The topological polar surface area (TPSA) is 76.1 Å². The molecule has 0 bridgehead atoms. The van der Waals surface area contributed by atoms with Crippen LogP contribution in [0.4, 0.5) is 5.13 Å². The van der Waals surface area contributed by atoms with Crippen molar-refractivity contribution in [2.24, 2.45) is 0 Å². The Balaban J connectivity index is 1.68. The average Bonchev–Trinajstić information content (AvgIpc) is 3.10. The zero-order chi connectivity index (χ0) is 19.4. The number of sulfone groups is 1. The molecule has 0 saturated carbocycles. The number of anilines is 1. The number of nitrogens with zero attached hydrogens (tertiary/aromatic N) is 1. The van der Waals surface area contributed by atoms with Gasteiger partial charge in [0.25, 0.3) is 5.91 Å². The Morgan fingerprint density at radius 3 is 2.52 bits per heavy atom. The largest absolute Gasteiger partial charge is 0.298 e. The Morgan fingerprint density at radius 1 is 1.15 bits per heavy atom. The van der Waals surface area contributed by atoms with Gasteiger partial charge in [0.15, 0.2) is 15.0 Å². The van der Waals surface area contributed by atoms with E-state index in [-0.39, 0.29) is 16.6 Å². The molecule has 1 aromatic heterocycles. The van der Waals surface area contributed by atoms with Gasteiger partial charge >= 0.3 is 0 Å². The number of amides is 1. The van der Waals surface area contributed by atoms with E-state index >= 15 is 0 Å². The molecule has 27 heavy (non-hydrogen) atoms. The number of aromatic nitrogens is 1. The molecular formula is C19H17ClN2O3S2. The SMILES string of the molecule is CCS(=O)(=O)c1ccc(C(=O)Nc2ncc(Cc3ccccc3Cl)s2)cc1. The third kappa shape index (κ3) is 4.74. The van der Waals surface area contributed by atoms with Crippen molar-refractivity contribution in [1.29, 1.82) is 0 Å². The molecule has 0 atom stereocenters. The van der Waals surface area contributed by atoms with Crippen molar-refractivity contribution in [3.8, 4) is 0 Å². The monoisotopic (exact) mass is 420 g/mol. The van der Waals surface area contributed by atoms with Gasteiger partial charge < -0.3 is 0 Å². The van der Waals surface area contributed by atoms with E-state index in [4.69, 9.17) is 11.6 Å². The molecule has 5 nitrogen and oxygen atoms in total. The number of hydrogen-bond donors (Lipinski definition) is 1. The van der Waals surface area contributed by atoms with Gasteiger partial charge in [0, 0.05) is 28.1 Å². The van der Waals surface area contributed by atoms with Crippen LogP contribution in [-0.2, 0) is 16.3 Å².